The first-order valence-electron chi connectivity index (χ1n) is 6.16. The summed E-state index contributed by atoms with van der Waals surface area (Å²) in [5, 5.41) is 14.2. The molecule has 1 aliphatic carbocycles. The van der Waals surface area contributed by atoms with Crippen LogP contribution in [-0.2, 0) is 0 Å². The number of aromatic nitrogens is 2. The van der Waals surface area contributed by atoms with E-state index < -0.39 is 6.10 Å². The number of aliphatic hydroxyl groups excluding tert-OH is 1. The average Bonchev–Trinajstić information content (AvgIpc) is 2.71. The maximum atomic E-state index is 9.74. The van der Waals surface area contributed by atoms with Crippen LogP contribution in [-0.4, -0.2) is 21.4 Å². The second-order valence-electron chi connectivity index (χ2n) is 4.67. The van der Waals surface area contributed by atoms with Gasteiger partial charge in [-0.3, -0.25) is 4.68 Å². The predicted octanol–water partition coefficient (Wildman–Crippen LogP) is 1.69. The van der Waals surface area contributed by atoms with Crippen molar-refractivity contribution in [2.24, 2.45) is 5.73 Å². The Labute approximate surface area is 96.5 Å². The van der Waals surface area contributed by atoms with Gasteiger partial charge in [0, 0.05) is 17.8 Å². The largest absolute Gasteiger partial charge is 0.387 e. The SMILES string of the molecule is Cc1c(C(O)CN)cnn1C1CCCCC1. The Bertz CT molecular complexity index is 342. The summed E-state index contributed by atoms with van der Waals surface area (Å²) in [6.45, 7) is 2.28. The Morgan fingerprint density at radius 3 is 2.81 bits per heavy atom. The number of rotatable bonds is 3. The minimum absolute atomic E-state index is 0.261. The Balaban J connectivity index is 2.18. The zero-order chi connectivity index (χ0) is 11.5. The van der Waals surface area contributed by atoms with E-state index in [1.807, 2.05) is 6.92 Å². The van der Waals surface area contributed by atoms with E-state index in [1.165, 1.54) is 32.1 Å². The summed E-state index contributed by atoms with van der Waals surface area (Å²) >= 11 is 0. The lowest BCUT2D eigenvalue weighted by atomic mass is 9.95. The molecule has 16 heavy (non-hydrogen) atoms. The molecule has 0 aliphatic heterocycles. The molecular formula is C12H21N3O. The molecule has 1 atom stereocenters. The Morgan fingerprint density at radius 1 is 1.50 bits per heavy atom. The number of hydrogen-bond acceptors (Lipinski definition) is 3. The second kappa shape index (κ2) is 4.97. The molecule has 0 bridgehead atoms. The molecule has 1 aliphatic rings. The van der Waals surface area contributed by atoms with Gasteiger partial charge in [0.25, 0.3) is 0 Å². The number of nitrogens with two attached hydrogens (primary N) is 1. The molecule has 0 saturated heterocycles. The van der Waals surface area contributed by atoms with Crippen molar-refractivity contribution in [3.05, 3.63) is 17.5 Å². The van der Waals surface area contributed by atoms with E-state index in [1.54, 1.807) is 6.20 Å². The van der Waals surface area contributed by atoms with Gasteiger partial charge in [-0.15, -0.1) is 0 Å². The lowest BCUT2D eigenvalue weighted by Crippen LogP contribution is -2.17. The van der Waals surface area contributed by atoms with Crippen LogP contribution in [0, 0.1) is 6.92 Å². The maximum absolute atomic E-state index is 9.74. The highest BCUT2D eigenvalue weighted by molar-refractivity contribution is 5.20. The zero-order valence-electron chi connectivity index (χ0n) is 9.89. The highest BCUT2D eigenvalue weighted by Gasteiger charge is 2.20. The summed E-state index contributed by atoms with van der Waals surface area (Å²) < 4.78 is 2.08. The van der Waals surface area contributed by atoms with E-state index in [0.29, 0.717) is 6.04 Å². The van der Waals surface area contributed by atoms with Crippen molar-refractivity contribution in [1.29, 1.82) is 0 Å². The summed E-state index contributed by atoms with van der Waals surface area (Å²) in [5.74, 6) is 0. The lowest BCUT2D eigenvalue weighted by molar-refractivity contribution is 0.185. The fourth-order valence-electron chi connectivity index (χ4n) is 2.58. The molecule has 4 nitrogen and oxygen atoms in total. The molecule has 1 aromatic rings. The molecule has 0 aromatic carbocycles. The van der Waals surface area contributed by atoms with Crippen LogP contribution in [0.15, 0.2) is 6.20 Å². The van der Waals surface area contributed by atoms with Crippen LogP contribution in [0.2, 0.25) is 0 Å². The second-order valence-corrected chi connectivity index (χ2v) is 4.67. The molecule has 1 fully saturated rings. The summed E-state index contributed by atoms with van der Waals surface area (Å²) in [6.07, 6.45) is 7.53. The van der Waals surface area contributed by atoms with Gasteiger partial charge in [-0.1, -0.05) is 19.3 Å². The molecule has 1 unspecified atom stereocenters. The minimum atomic E-state index is -0.572. The van der Waals surface area contributed by atoms with Gasteiger partial charge in [-0.05, 0) is 19.8 Å². The highest BCUT2D eigenvalue weighted by atomic mass is 16.3. The summed E-state index contributed by atoms with van der Waals surface area (Å²) in [4.78, 5) is 0. The van der Waals surface area contributed by atoms with Crippen LogP contribution in [0.25, 0.3) is 0 Å². The summed E-state index contributed by atoms with van der Waals surface area (Å²) in [5.41, 5.74) is 7.43. The van der Waals surface area contributed by atoms with Crippen LogP contribution in [0.3, 0.4) is 0 Å². The van der Waals surface area contributed by atoms with Gasteiger partial charge in [-0.25, -0.2) is 0 Å². The van der Waals surface area contributed by atoms with Crippen LogP contribution in [0.4, 0.5) is 0 Å². The van der Waals surface area contributed by atoms with Gasteiger partial charge in [-0.2, -0.15) is 5.10 Å². The first-order chi connectivity index (χ1) is 7.74. The van der Waals surface area contributed by atoms with E-state index in [4.69, 9.17) is 5.73 Å². The normalized spacial score (nSPS) is 19.9. The average molecular weight is 223 g/mol. The van der Waals surface area contributed by atoms with E-state index in [-0.39, 0.29) is 6.54 Å². The van der Waals surface area contributed by atoms with Crippen molar-refractivity contribution in [1.82, 2.24) is 9.78 Å². The van der Waals surface area contributed by atoms with Gasteiger partial charge in [0.05, 0.1) is 18.3 Å². The predicted molar refractivity (Wildman–Crippen MR) is 63.1 cm³/mol. The minimum Gasteiger partial charge on any atom is -0.387 e. The molecule has 4 heteroatoms. The van der Waals surface area contributed by atoms with E-state index >= 15 is 0 Å². The van der Waals surface area contributed by atoms with Gasteiger partial charge in [0.2, 0.25) is 0 Å². The van der Waals surface area contributed by atoms with Crippen molar-refractivity contribution in [2.45, 2.75) is 51.2 Å². The molecule has 90 valence electrons. The third-order valence-corrected chi connectivity index (χ3v) is 3.59. The quantitative estimate of drug-likeness (QED) is 0.819. The van der Waals surface area contributed by atoms with Crippen molar-refractivity contribution >= 4 is 0 Å². The molecule has 1 heterocycles. The zero-order valence-corrected chi connectivity index (χ0v) is 9.89. The van der Waals surface area contributed by atoms with Gasteiger partial charge in [0.1, 0.15) is 0 Å². The summed E-state index contributed by atoms with van der Waals surface area (Å²) in [7, 11) is 0. The van der Waals surface area contributed by atoms with E-state index in [2.05, 4.69) is 9.78 Å². The topological polar surface area (TPSA) is 64.1 Å². The van der Waals surface area contributed by atoms with Crippen LogP contribution < -0.4 is 5.73 Å². The third kappa shape index (κ3) is 2.13. The standard InChI is InChI=1S/C12H21N3O/c1-9-11(12(16)7-13)8-14-15(9)10-5-3-2-4-6-10/h8,10,12,16H,2-7,13H2,1H3. The Morgan fingerprint density at radius 2 is 2.19 bits per heavy atom. The van der Waals surface area contributed by atoms with Crippen molar-refractivity contribution < 1.29 is 5.11 Å². The molecule has 0 spiro atoms. The van der Waals surface area contributed by atoms with Crippen LogP contribution >= 0.6 is 0 Å². The lowest BCUT2D eigenvalue weighted by Gasteiger charge is -2.23. The highest BCUT2D eigenvalue weighted by Crippen LogP contribution is 2.30. The van der Waals surface area contributed by atoms with Gasteiger partial charge < -0.3 is 10.8 Å². The number of nitrogens with zero attached hydrogens (tertiary/aromatic N) is 2. The Hall–Kier alpha value is -0.870. The monoisotopic (exact) mass is 223 g/mol. The molecule has 0 amide bonds. The Kier molecular flexibility index (Phi) is 3.61. The first-order valence-corrected chi connectivity index (χ1v) is 6.16. The fourth-order valence-corrected chi connectivity index (χ4v) is 2.58. The van der Waals surface area contributed by atoms with Crippen molar-refractivity contribution in [2.75, 3.05) is 6.54 Å². The van der Waals surface area contributed by atoms with Crippen molar-refractivity contribution in [3.8, 4) is 0 Å². The summed E-state index contributed by atoms with van der Waals surface area (Å²) in [6, 6.07) is 0.521. The molecule has 2 rings (SSSR count). The van der Waals surface area contributed by atoms with Gasteiger partial charge in [0.15, 0.2) is 0 Å². The fraction of sp³-hybridized carbons (Fsp3) is 0.750. The third-order valence-electron chi connectivity index (χ3n) is 3.59. The number of aliphatic hydroxyl groups is 1. The van der Waals surface area contributed by atoms with Gasteiger partial charge >= 0.3 is 0 Å². The smallest absolute Gasteiger partial charge is 0.0945 e. The van der Waals surface area contributed by atoms with Crippen LogP contribution in [0.1, 0.15) is 55.5 Å². The first kappa shape index (κ1) is 11.6. The molecule has 1 aromatic heterocycles. The van der Waals surface area contributed by atoms with Crippen LogP contribution in [0.5, 0.6) is 0 Å². The van der Waals surface area contributed by atoms with E-state index in [9.17, 15) is 5.11 Å². The molecule has 0 radical (unpaired) electrons. The molecule has 3 N–H and O–H groups in total. The number of hydrogen-bond donors (Lipinski definition) is 2. The van der Waals surface area contributed by atoms with Crippen molar-refractivity contribution in [3.63, 3.8) is 0 Å². The molecule has 1 saturated carbocycles. The molecular weight excluding hydrogens is 202 g/mol. The maximum Gasteiger partial charge on any atom is 0.0945 e. The van der Waals surface area contributed by atoms with E-state index in [0.717, 1.165) is 11.3 Å².